The Morgan fingerprint density at radius 1 is 1.23 bits per heavy atom. The van der Waals surface area contributed by atoms with Gasteiger partial charge < -0.3 is 10.2 Å². The van der Waals surface area contributed by atoms with Crippen LogP contribution in [0.3, 0.4) is 0 Å². The minimum atomic E-state index is -0.207. The fourth-order valence-electron chi connectivity index (χ4n) is 5.28. The van der Waals surface area contributed by atoms with Gasteiger partial charge in [0.1, 0.15) is 0 Å². The summed E-state index contributed by atoms with van der Waals surface area (Å²) in [5, 5.41) is 4.44. The molecule has 0 radical (unpaired) electrons. The number of carbonyl (C=O) groups excluding carboxylic acids is 1. The molecule has 5 aliphatic rings. The van der Waals surface area contributed by atoms with Crippen molar-refractivity contribution in [3.8, 4) is 11.8 Å². The van der Waals surface area contributed by atoms with E-state index in [1.165, 1.54) is 17.4 Å². The molecule has 1 atom stereocenters. The first-order chi connectivity index (χ1) is 15.0. The Labute approximate surface area is 189 Å². The summed E-state index contributed by atoms with van der Waals surface area (Å²) in [6.07, 6.45) is 7.75. The van der Waals surface area contributed by atoms with E-state index in [0.29, 0.717) is 6.54 Å². The Kier molecular flexibility index (Phi) is 5.82. The third-order valence-electron chi connectivity index (χ3n) is 7.31. The Balaban J connectivity index is 1.23. The summed E-state index contributed by atoms with van der Waals surface area (Å²) in [7, 11) is 2.17. The molecule has 1 aromatic rings. The molecule has 6 heterocycles. The van der Waals surface area contributed by atoms with Gasteiger partial charge in [-0.15, -0.1) is 11.3 Å². The van der Waals surface area contributed by atoms with Crippen LogP contribution in [0.5, 0.6) is 0 Å². The maximum absolute atomic E-state index is 13.0. The molecule has 1 N–H and O–H groups in total. The number of likely N-dealkylation sites (N-methyl/N-ethyl adjacent to an activating group) is 1. The summed E-state index contributed by atoms with van der Waals surface area (Å²) in [6.45, 7) is 10.3. The number of piperazine rings is 1. The van der Waals surface area contributed by atoms with Crippen LogP contribution in [0, 0.1) is 17.8 Å². The van der Waals surface area contributed by atoms with E-state index in [0.717, 1.165) is 68.2 Å². The number of amides is 2. The molecule has 31 heavy (non-hydrogen) atoms. The zero-order valence-corrected chi connectivity index (χ0v) is 19.5. The van der Waals surface area contributed by atoms with Crippen molar-refractivity contribution in [1.29, 1.82) is 0 Å². The lowest BCUT2D eigenvalue weighted by Crippen LogP contribution is -2.66. The van der Waals surface area contributed by atoms with Crippen LogP contribution in [0.25, 0.3) is 12.3 Å². The van der Waals surface area contributed by atoms with Crippen LogP contribution in [-0.2, 0) is 0 Å². The number of fused-ring (bicyclic) bond motifs is 4. The first-order valence-corrected chi connectivity index (χ1v) is 12.4. The smallest absolute Gasteiger partial charge is 0.320 e. The molecule has 0 aromatic carbocycles. The molecule has 4 saturated heterocycles. The van der Waals surface area contributed by atoms with Gasteiger partial charge in [-0.1, -0.05) is 11.8 Å². The van der Waals surface area contributed by atoms with Gasteiger partial charge in [-0.25, -0.2) is 4.79 Å². The number of rotatable bonds is 2. The lowest BCUT2D eigenvalue weighted by atomic mass is 9.80. The van der Waals surface area contributed by atoms with Gasteiger partial charge in [0.05, 0.1) is 17.1 Å². The molecule has 4 fully saturated rings. The molecule has 7 heteroatoms. The zero-order chi connectivity index (χ0) is 21.4. The Morgan fingerprint density at radius 2 is 2.00 bits per heavy atom. The van der Waals surface area contributed by atoms with Crippen molar-refractivity contribution in [1.82, 2.24) is 24.9 Å². The number of piperidine rings is 3. The highest BCUT2D eigenvalue weighted by molar-refractivity contribution is 7.10. The lowest BCUT2D eigenvalue weighted by Gasteiger charge is -2.53. The third-order valence-corrected chi connectivity index (χ3v) is 8.37. The van der Waals surface area contributed by atoms with Crippen molar-refractivity contribution in [3.05, 3.63) is 20.7 Å². The SMILES string of the molecule is CN1CCN(CC#Cc2cc3c(s2)=CCN(C(=O)N[C@]2(C)CC4CCN2CC4)C=3)CC1. The highest BCUT2D eigenvalue weighted by Crippen LogP contribution is 2.37. The monoisotopic (exact) mass is 439 g/mol. The van der Waals surface area contributed by atoms with E-state index < -0.39 is 0 Å². The predicted molar refractivity (Wildman–Crippen MR) is 126 cm³/mol. The number of thiophene rings is 1. The van der Waals surface area contributed by atoms with Gasteiger partial charge in [0.25, 0.3) is 0 Å². The van der Waals surface area contributed by atoms with Crippen LogP contribution in [0.1, 0.15) is 31.1 Å². The number of carbonyl (C=O) groups is 1. The molecule has 2 amide bonds. The largest absolute Gasteiger partial charge is 0.323 e. The molecule has 1 aromatic heterocycles. The van der Waals surface area contributed by atoms with Gasteiger partial charge in [-0.2, -0.15) is 0 Å². The summed E-state index contributed by atoms with van der Waals surface area (Å²) in [5.74, 6) is 7.44. The van der Waals surface area contributed by atoms with E-state index in [-0.39, 0.29) is 11.7 Å². The third kappa shape index (κ3) is 4.54. The van der Waals surface area contributed by atoms with E-state index in [4.69, 9.17) is 0 Å². The molecular weight excluding hydrogens is 406 g/mol. The van der Waals surface area contributed by atoms with Crippen LogP contribution in [0.2, 0.25) is 0 Å². The highest BCUT2D eigenvalue weighted by Gasteiger charge is 2.43. The van der Waals surface area contributed by atoms with Crippen LogP contribution in [0.4, 0.5) is 4.79 Å². The van der Waals surface area contributed by atoms with E-state index >= 15 is 0 Å². The van der Waals surface area contributed by atoms with E-state index in [2.05, 4.69) is 58.0 Å². The first kappa shape index (κ1) is 21.0. The van der Waals surface area contributed by atoms with Gasteiger partial charge in [-0.3, -0.25) is 14.7 Å². The quantitative estimate of drug-likeness (QED) is 0.690. The minimum Gasteiger partial charge on any atom is -0.320 e. The number of nitrogens with one attached hydrogen (secondary N) is 1. The Morgan fingerprint density at radius 3 is 2.71 bits per heavy atom. The topological polar surface area (TPSA) is 42.1 Å². The zero-order valence-electron chi connectivity index (χ0n) is 18.7. The van der Waals surface area contributed by atoms with E-state index in [9.17, 15) is 4.79 Å². The van der Waals surface area contributed by atoms with Crippen LogP contribution >= 0.6 is 11.3 Å². The fourth-order valence-corrected chi connectivity index (χ4v) is 6.22. The average Bonchev–Trinajstić information content (AvgIpc) is 3.17. The summed E-state index contributed by atoms with van der Waals surface area (Å²) in [5.41, 5.74) is -0.207. The summed E-state index contributed by atoms with van der Waals surface area (Å²) < 4.78 is 1.22. The normalized spacial score (nSPS) is 30.6. The van der Waals surface area contributed by atoms with Gasteiger partial charge in [-0.05, 0) is 51.3 Å². The molecule has 166 valence electrons. The summed E-state index contributed by atoms with van der Waals surface area (Å²) in [6, 6.07) is 2.13. The summed E-state index contributed by atoms with van der Waals surface area (Å²) in [4.78, 5) is 23.2. The van der Waals surface area contributed by atoms with Crippen molar-refractivity contribution in [3.63, 3.8) is 0 Å². The minimum absolute atomic E-state index is 0.00542. The number of nitrogens with zero attached hydrogens (tertiary/aromatic N) is 4. The molecule has 2 bridgehead atoms. The maximum atomic E-state index is 13.0. The number of urea groups is 1. The summed E-state index contributed by atoms with van der Waals surface area (Å²) >= 11 is 1.73. The second-order valence-corrected chi connectivity index (χ2v) is 10.7. The molecular formula is C24H33N5OS. The first-order valence-electron chi connectivity index (χ1n) is 11.5. The van der Waals surface area contributed by atoms with Gasteiger partial charge in [0.15, 0.2) is 0 Å². The van der Waals surface area contributed by atoms with Crippen molar-refractivity contribution in [2.75, 3.05) is 59.4 Å². The lowest BCUT2D eigenvalue weighted by molar-refractivity contribution is -0.0328. The average molecular weight is 440 g/mol. The molecule has 0 aliphatic carbocycles. The van der Waals surface area contributed by atoms with Crippen molar-refractivity contribution < 1.29 is 4.79 Å². The van der Waals surface area contributed by atoms with Crippen molar-refractivity contribution >= 4 is 29.6 Å². The van der Waals surface area contributed by atoms with Crippen molar-refractivity contribution in [2.24, 2.45) is 5.92 Å². The fraction of sp³-hybridized carbons (Fsp3) is 0.625. The molecule has 6 rings (SSSR count). The van der Waals surface area contributed by atoms with Crippen LogP contribution in [0.15, 0.2) is 6.07 Å². The van der Waals surface area contributed by atoms with E-state index in [1.54, 1.807) is 11.3 Å². The van der Waals surface area contributed by atoms with Gasteiger partial charge in [0, 0.05) is 61.8 Å². The second-order valence-electron chi connectivity index (χ2n) is 9.64. The molecule has 0 unspecified atom stereocenters. The number of hydrogen-bond acceptors (Lipinski definition) is 5. The van der Waals surface area contributed by atoms with Crippen LogP contribution in [-0.4, -0.2) is 90.7 Å². The standard InChI is InChI=1S/C24H33N5OS/c1-24(17-19-5-10-29(24)11-6-19)25-23(30)28-9-7-22-20(18-28)16-21(31-22)4-3-8-27-14-12-26(2)13-15-27/h7,16,18-19H,5-6,8-15,17H2,1-2H3,(H,25,30)/t24-/m0/s1. The molecule has 0 spiro atoms. The Hall–Kier alpha value is -1.85. The molecule has 0 saturated carbocycles. The van der Waals surface area contributed by atoms with Gasteiger partial charge in [0.2, 0.25) is 0 Å². The Bertz CT molecular complexity index is 1010. The molecule has 6 nitrogen and oxygen atoms in total. The maximum Gasteiger partial charge on any atom is 0.323 e. The predicted octanol–water partition coefficient (Wildman–Crippen LogP) is 0.723. The van der Waals surface area contributed by atoms with E-state index in [1.807, 2.05) is 11.1 Å². The molecule has 5 aliphatic heterocycles. The van der Waals surface area contributed by atoms with Crippen LogP contribution < -0.4 is 15.1 Å². The van der Waals surface area contributed by atoms with Gasteiger partial charge >= 0.3 is 6.03 Å². The second kappa shape index (κ2) is 8.59. The number of hydrogen-bond donors (Lipinski definition) is 1. The van der Waals surface area contributed by atoms with Crippen molar-refractivity contribution in [2.45, 2.75) is 31.8 Å². The highest BCUT2D eigenvalue weighted by atomic mass is 32.1.